The van der Waals surface area contributed by atoms with Crippen molar-refractivity contribution in [2.45, 2.75) is 0 Å². The van der Waals surface area contributed by atoms with Crippen LogP contribution in [0.5, 0.6) is 0 Å². The standard InChI is InChI=1S/C18H15NOSSi/c21-19-20-22(16-10-4-1-5-11-16,17-12-6-2-7-13-17)18-14-8-3-9-15-18/h1-15H. The van der Waals surface area contributed by atoms with Crippen molar-refractivity contribution < 1.29 is 4.53 Å². The molecule has 3 aromatic rings. The number of benzene rings is 3. The van der Waals surface area contributed by atoms with Gasteiger partial charge in [0.05, 0.1) is 12.4 Å². The second kappa shape index (κ2) is 6.64. The number of rotatable bonds is 5. The molecule has 0 spiro atoms. The maximum atomic E-state index is 5.97. The third-order valence-electron chi connectivity index (χ3n) is 3.72. The van der Waals surface area contributed by atoms with E-state index in [1.165, 1.54) is 0 Å². The highest BCUT2D eigenvalue weighted by Gasteiger charge is 2.44. The van der Waals surface area contributed by atoms with E-state index in [2.05, 4.69) is 40.9 Å². The Bertz CT molecular complexity index is 638. The molecule has 0 N–H and O–H groups in total. The highest BCUT2D eigenvalue weighted by molar-refractivity contribution is 7.47. The topological polar surface area (TPSA) is 21.6 Å². The Morgan fingerprint density at radius 1 is 0.591 bits per heavy atom. The van der Waals surface area contributed by atoms with E-state index in [4.69, 9.17) is 17.0 Å². The Balaban J connectivity index is 2.31. The maximum absolute atomic E-state index is 5.97. The van der Waals surface area contributed by atoms with E-state index in [-0.39, 0.29) is 0 Å². The van der Waals surface area contributed by atoms with Crippen LogP contribution < -0.4 is 15.6 Å². The van der Waals surface area contributed by atoms with Crippen LogP contribution >= 0.6 is 0 Å². The predicted octanol–water partition coefficient (Wildman–Crippen LogP) is 2.32. The number of hydrogen-bond acceptors (Lipinski definition) is 3. The zero-order valence-corrected chi connectivity index (χ0v) is 13.7. The van der Waals surface area contributed by atoms with Gasteiger partial charge in [-0.1, -0.05) is 91.0 Å². The molecule has 3 rings (SSSR count). The molecule has 0 aromatic heterocycles. The molecule has 22 heavy (non-hydrogen) atoms. The van der Waals surface area contributed by atoms with Gasteiger partial charge < -0.3 is 4.53 Å². The number of hydrogen-bond donors (Lipinski definition) is 0. The van der Waals surface area contributed by atoms with Gasteiger partial charge in [-0.2, -0.15) is 0 Å². The summed E-state index contributed by atoms with van der Waals surface area (Å²) in [5.41, 5.74) is 0. The average Bonchev–Trinajstić information content (AvgIpc) is 2.62. The van der Waals surface area contributed by atoms with Gasteiger partial charge in [0.25, 0.3) is 0 Å². The summed E-state index contributed by atoms with van der Waals surface area (Å²) in [7, 11) is -2.69. The molecule has 0 heterocycles. The molecule has 3 aromatic carbocycles. The summed E-state index contributed by atoms with van der Waals surface area (Å²) in [6.45, 7) is 0. The van der Waals surface area contributed by atoms with Crippen molar-refractivity contribution in [3.05, 3.63) is 91.0 Å². The second-order valence-electron chi connectivity index (χ2n) is 4.95. The number of nitrogens with zero attached hydrogens (tertiary/aromatic N) is 1. The fourth-order valence-corrected chi connectivity index (χ4v) is 6.48. The van der Waals surface area contributed by atoms with Gasteiger partial charge in [0, 0.05) is 0 Å². The van der Waals surface area contributed by atoms with Gasteiger partial charge in [-0.25, -0.2) is 0 Å². The van der Waals surface area contributed by atoms with E-state index in [0.29, 0.717) is 0 Å². The van der Waals surface area contributed by atoms with E-state index in [9.17, 15) is 0 Å². The van der Waals surface area contributed by atoms with Crippen molar-refractivity contribution in [2.75, 3.05) is 0 Å². The summed E-state index contributed by atoms with van der Waals surface area (Å²) in [6.07, 6.45) is 0. The van der Waals surface area contributed by atoms with Crippen LogP contribution in [0.2, 0.25) is 0 Å². The maximum Gasteiger partial charge on any atom is 0.381 e. The van der Waals surface area contributed by atoms with Crippen molar-refractivity contribution in [1.82, 2.24) is 0 Å². The summed E-state index contributed by atoms with van der Waals surface area (Å²) in [6, 6.07) is 30.7. The molecule has 0 unspecified atom stereocenters. The molecule has 0 radical (unpaired) electrons. The minimum Gasteiger partial charge on any atom is -0.428 e. The Morgan fingerprint density at radius 3 is 1.18 bits per heavy atom. The minimum atomic E-state index is -2.69. The molecule has 0 aliphatic rings. The van der Waals surface area contributed by atoms with Gasteiger partial charge in [-0.05, 0) is 20.1 Å². The highest BCUT2D eigenvalue weighted by atomic mass is 32.1. The van der Waals surface area contributed by atoms with Crippen LogP contribution in [-0.4, -0.2) is 8.32 Å². The van der Waals surface area contributed by atoms with Gasteiger partial charge in [0.1, 0.15) is 0 Å². The largest absolute Gasteiger partial charge is 0.428 e. The van der Waals surface area contributed by atoms with E-state index in [1.54, 1.807) is 0 Å². The van der Waals surface area contributed by atoms with Crippen molar-refractivity contribution >= 4 is 36.3 Å². The monoisotopic (exact) mass is 321 g/mol. The molecule has 0 fully saturated rings. The summed E-state index contributed by atoms with van der Waals surface area (Å²) >= 11 is 4.84. The highest BCUT2D eigenvalue weighted by Crippen LogP contribution is 2.09. The summed E-state index contributed by atoms with van der Waals surface area (Å²) in [5.74, 6) is 0. The van der Waals surface area contributed by atoms with Gasteiger partial charge in [-0.3, -0.25) is 0 Å². The zero-order valence-electron chi connectivity index (χ0n) is 11.9. The van der Waals surface area contributed by atoms with Crippen LogP contribution in [0.4, 0.5) is 0 Å². The fourth-order valence-electron chi connectivity index (χ4n) is 2.73. The molecule has 0 amide bonds. The van der Waals surface area contributed by atoms with E-state index in [1.807, 2.05) is 54.6 Å². The Kier molecular flexibility index (Phi) is 4.41. The Morgan fingerprint density at radius 2 is 0.909 bits per heavy atom. The van der Waals surface area contributed by atoms with Crippen molar-refractivity contribution in [1.29, 1.82) is 0 Å². The van der Waals surface area contributed by atoms with Crippen molar-refractivity contribution in [3.8, 4) is 0 Å². The van der Waals surface area contributed by atoms with Crippen LogP contribution in [0.25, 0.3) is 0 Å². The molecule has 0 atom stereocenters. The summed E-state index contributed by atoms with van der Waals surface area (Å²) in [5, 5.41) is 3.38. The van der Waals surface area contributed by atoms with E-state index < -0.39 is 8.32 Å². The zero-order chi connectivity index (χ0) is 15.3. The average molecular weight is 321 g/mol. The molecule has 4 heteroatoms. The molecular formula is C18H15NOSSi. The molecule has 0 aliphatic carbocycles. The Labute approximate surface area is 136 Å². The smallest absolute Gasteiger partial charge is 0.381 e. The first kappa shape index (κ1) is 14.6. The first-order valence-electron chi connectivity index (χ1n) is 7.05. The lowest BCUT2D eigenvalue weighted by Crippen LogP contribution is -2.68. The van der Waals surface area contributed by atoms with Crippen molar-refractivity contribution in [3.63, 3.8) is 0 Å². The third kappa shape index (κ3) is 2.58. The lowest BCUT2D eigenvalue weighted by molar-refractivity contribution is 0.360. The van der Waals surface area contributed by atoms with Gasteiger partial charge in [0.2, 0.25) is 0 Å². The minimum absolute atomic E-state index is 1.13. The molecule has 0 saturated carbocycles. The molecular weight excluding hydrogens is 306 g/mol. The lowest BCUT2D eigenvalue weighted by Gasteiger charge is -2.29. The van der Waals surface area contributed by atoms with Crippen molar-refractivity contribution in [2.24, 2.45) is 4.53 Å². The van der Waals surface area contributed by atoms with Gasteiger partial charge >= 0.3 is 8.32 Å². The first-order valence-corrected chi connectivity index (χ1v) is 9.32. The predicted molar refractivity (Wildman–Crippen MR) is 94.9 cm³/mol. The fraction of sp³-hybridized carbons (Fsp3) is 0. The van der Waals surface area contributed by atoms with Crippen LogP contribution in [0.15, 0.2) is 95.5 Å². The summed E-state index contributed by atoms with van der Waals surface area (Å²) in [4.78, 5) is 0. The van der Waals surface area contributed by atoms with E-state index in [0.717, 1.165) is 15.6 Å². The molecule has 2 nitrogen and oxygen atoms in total. The normalized spacial score (nSPS) is 10.9. The Hall–Kier alpha value is -2.30. The molecule has 0 saturated heterocycles. The summed E-state index contributed by atoms with van der Waals surface area (Å²) < 4.78 is 9.65. The lowest BCUT2D eigenvalue weighted by atomic mass is 10.3. The van der Waals surface area contributed by atoms with Crippen LogP contribution in [0.3, 0.4) is 0 Å². The van der Waals surface area contributed by atoms with Gasteiger partial charge in [0.15, 0.2) is 0 Å². The van der Waals surface area contributed by atoms with Gasteiger partial charge in [-0.15, -0.1) is 0 Å². The molecule has 0 bridgehead atoms. The molecule has 0 aliphatic heterocycles. The molecule has 108 valence electrons. The third-order valence-corrected chi connectivity index (χ3v) is 7.73. The van der Waals surface area contributed by atoms with Crippen LogP contribution in [0.1, 0.15) is 0 Å². The SMILES string of the molecule is S=NO[Si](c1ccccc1)(c1ccccc1)c1ccccc1. The van der Waals surface area contributed by atoms with Crippen LogP contribution in [0, 0.1) is 0 Å². The first-order chi connectivity index (χ1) is 10.9. The second-order valence-corrected chi connectivity index (χ2v) is 8.37. The van der Waals surface area contributed by atoms with E-state index >= 15 is 0 Å². The quantitative estimate of drug-likeness (QED) is 0.409. The van der Waals surface area contributed by atoms with Crippen LogP contribution in [-0.2, 0) is 17.0 Å².